The van der Waals surface area contributed by atoms with Gasteiger partial charge in [0.15, 0.2) is 5.65 Å². The number of aromatic nitrogens is 3. The number of hydrogen-bond acceptors (Lipinski definition) is 8. The number of nitrogens with one attached hydrogen (secondary N) is 2. The van der Waals surface area contributed by atoms with E-state index in [1.165, 1.54) is 28.9 Å². The van der Waals surface area contributed by atoms with Gasteiger partial charge in [-0.1, -0.05) is 0 Å². The summed E-state index contributed by atoms with van der Waals surface area (Å²) in [6, 6.07) is 5.49. The second-order valence-electron chi connectivity index (χ2n) is 8.68. The Balaban J connectivity index is 1.69. The van der Waals surface area contributed by atoms with E-state index in [9.17, 15) is 14.0 Å². The molecule has 0 aliphatic heterocycles. The smallest absolute Gasteiger partial charge is 0.407 e. The molecule has 11 heteroatoms. The molecule has 0 saturated carbocycles. The molecule has 0 saturated heterocycles. The third-order valence-corrected chi connectivity index (χ3v) is 4.70. The Morgan fingerprint density at radius 1 is 1.23 bits per heavy atom. The maximum absolute atomic E-state index is 14.0. The third kappa shape index (κ3) is 7.05. The molecule has 1 amide bonds. The predicted octanol–water partition coefficient (Wildman–Crippen LogP) is 4.12. The van der Waals surface area contributed by atoms with Crippen LogP contribution in [-0.2, 0) is 9.47 Å². The maximum atomic E-state index is 14.0. The van der Waals surface area contributed by atoms with Crippen LogP contribution in [0.4, 0.5) is 15.0 Å². The van der Waals surface area contributed by atoms with Crippen LogP contribution in [-0.4, -0.2) is 52.0 Å². The minimum absolute atomic E-state index is 0.160. The number of anilines is 1. The van der Waals surface area contributed by atoms with Crippen LogP contribution in [0, 0.1) is 5.82 Å². The summed E-state index contributed by atoms with van der Waals surface area (Å²) in [5.74, 6) is -0.0226. The monoisotopic (exact) mass is 487 g/mol. The number of halogens is 1. The molecule has 35 heavy (non-hydrogen) atoms. The molecule has 0 unspecified atom stereocenters. The maximum Gasteiger partial charge on any atom is 0.407 e. The molecule has 0 aliphatic carbocycles. The van der Waals surface area contributed by atoms with Crippen molar-refractivity contribution in [3.8, 4) is 5.75 Å². The van der Waals surface area contributed by atoms with E-state index in [-0.39, 0.29) is 25.3 Å². The van der Waals surface area contributed by atoms with Gasteiger partial charge in [-0.2, -0.15) is 5.10 Å². The summed E-state index contributed by atoms with van der Waals surface area (Å²) in [4.78, 5) is 28.4. The van der Waals surface area contributed by atoms with Gasteiger partial charge in [0.05, 0.1) is 25.4 Å². The van der Waals surface area contributed by atoms with Crippen LogP contribution in [0.1, 0.15) is 56.6 Å². The molecule has 10 nitrogen and oxygen atoms in total. The van der Waals surface area contributed by atoms with Crippen molar-refractivity contribution < 1.29 is 28.2 Å². The topological polar surface area (TPSA) is 116 Å². The highest BCUT2D eigenvalue weighted by atomic mass is 19.1. The SMILES string of the molecule is CCOC(=O)c1cnn2ccc(N[C@H](C)c3cc(F)ccc3OCCNC(=O)OC(C)(C)C)nc12. The summed E-state index contributed by atoms with van der Waals surface area (Å²) in [7, 11) is 0. The molecule has 1 atom stereocenters. The first kappa shape index (κ1) is 25.7. The Morgan fingerprint density at radius 3 is 2.71 bits per heavy atom. The highest BCUT2D eigenvalue weighted by molar-refractivity contribution is 5.95. The van der Waals surface area contributed by atoms with Gasteiger partial charge in [-0.25, -0.2) is 23.5 Å². The number of fused-ring (bicyclic) bond motifs is 1. The van der Waals surface area contributed by atoms with Gasteiger partial charge in [0, 0.05) is 11.8 Å². The van der Waals surface area contributed by atoms with Crippen molar-refractivity contribution in [2.24, 2.45) is 0 Å². The zero-order valence-corrected chi connectivity index (χ0v) is 20.4. The minimum Gasteiger partial charge on any atom is -0.491 e. The van der Waals surface area contributed by atoms with Crippen molar-refractivity contribution in [3.05, 3.63) is 53.6 Å². The van der Waals surface area contributed by atoms with Gasteiger partial charge in [-0.3, -0.25) is 0 Å². The molecule has 3 rings (SSSR count). The predicted molar refractivity (Wildman–Crippen MR) is 127 cm³/mol. The molecular formula is C24H30FN5O5. The first-order valence-electron chi connectivity index (χ1n) is 11.2. The molecule has 0 bridgehead atoms. The summed E-state index contributed by atoms with van der Waals surface area (Å²) in [6.07, 6.45) is 2.52. The largest absolute Gasteiger partial charge is 0.491 e. The fourth-order valence-corrected chi connectivity index (χ4v) is 3.22. The Labute approximate surface area is 202 Å². The van der Waals surface area contributed by atoms with Gasteiger partial charge in [0.25, 0.3) is 0 Å². The lowest BCUT2D eigenvalue weighted by molar-refractivity contribution is 0.0513. The molecule has 1 aromatic carbocycles. The van der Waals surface area contributed by atoms with E-state index < -0.39 is 29.5 Å². The number of carbonyl (C=O) groups excluding carboxylic acids is 2. The average molecular weight is 488 g/mol. The summed E-state index contributed by atoms with van der Waals surface area (Å²) in [6.45, 7) is 9.49. The van der Waals surface area contributed by atoms with Gasteiger partial charge in [0.1, 0.15) is 35.2 Å². The molecule has 2 aromatic heterocycles. The molecule has 0 spiro atoms. The Bertz CT molecular complexity index is 1190. The van der Waals surface area contributed by atoms with Crippen LogP contribution >= 0.6 is 0 Å². The second-order valence-corrected chi connectivity index (χ2v) is 8.68. The fraction of sp³-hybridized carbons (Fsp3) is 0.417. The molecule has 0 fully saturated rings. The number of rotatable bonds is 9. The summed E-state index contributed by atoms with van der Waals surface area (Å²) >= 11 is 0. The second kappa shape index (κ2) is 11.0. The first-order valence-corrected chi connectivity index (χ1v) is 11.2. The number of esters is 1. The van der Waals surface area contributed by atoms with Gasteiger partial charge in [-0.15, -0.1) is 0 Å². The van der Waals surface area contributed by atoms with E-state index in [4.69, 9.17) is 14.2 Å². The molecule has 2 heterocycles. The molecular weight excluding hydrogens is 457 g/mol. The van der Waals surface area contributed by atoms with Crippen LogP contribution in [0.2, 0.25) is 0 Å². The summed E-state index contributed by atoms with van der Waals surface area (Å²) in [5, 5.41) is 9.93. The summed E-state index contributed by atoms with van der Waals surface area (Å²) < 4.78 is 31.5. The van der Waals surface area contributed by atoms with E-state index in [0.29, 0.717) is 22.8 Å². The number of ether oxygens (including phenoxy) is 3. The zero-order chi connectivity index (χ0) is 25.6. The van der Waals surface area contributed by atoms with Gasteiger partial charge in [-0.05, 0) is 58.9 Å². The number of carbonyl (C=O) groups is 2. The lowest BCUT2D eigenvalue weighted by atomic mass is 10.1. The standard InChI is InChI=1S/C24H30FN5O5/c1-6-33-22(31)18-14-27-30-11-9-20(29-21(18)30)28-15(2)17-13-16(25)7-8-19(17)34-12-10-26-23(32)35-24(3,4)5/h7-9,11,13-15H,6,10,12H2,1-5H3,(H,26,32)(H,28,29)/t15-/m1/s1. The van der Waals surface area contributed by atoms with E-state index in [1.807, 2.05) is 6.92 Å². The fourth-order valence-electron chi connectivity index (χ4n) is 3.22. The van der Waals surface area contributed by atoms with Crippen molar-refractivity contribution in [1.29, 1.82) is 0 Å². The van der Waals surface area contributed by atoms with Gasteiger partial charge < -0.3 is 24.8 Å². The highest BCUT2D eigenvalue weighted by Crippen LogP contribution is 2.28. The van der Waals surface area contributed by atoms with Crippen LogP contribution in [0.25, 0.3) is 5.65 Å². The lowest BCUT2D eigenvalue weighted by Gasteiger charge is -2.21. The Hall–Kier alpha value is -3.89. The quantitative estimate of drug-likeness (QED) is 0.342. The van der Waals surface area contributed by atoms with Crippen molar-refractivity contribution in [1.82, 2.24) is 19.9 Å². The zero-order valence-electron chi connectivity index (χ0n) is 20.4. The summed E-state index contributed by atoms with van der Waals surface area (Å²) in [5.41, 5.74) is 0.546. The molecule has 0 aliphatic rings. The van der Waals surface area contributed by atoms with Crippen LogP contribution in [0.5, 0.6) is 5.75 Å². The molecule has 2 N–H and O–H groups in total. The number of amides is 1. The van der Waals surface area contributed by atoms with Crippen molar-refractivity contribution >= 4 is 23.5 Å². The Morgan fingerprint density at radius 2 is 2.00 bits per heavy atom. The van der Waals surface area contributed by atoms with Crippen molar-refractivity contribution in [2.75, 3.05) is 25.1 Å². The van der Waals surface area contributed by atoms with Gasteiger partial charge in [0.2, 0.25) is 0 Å². The van der Waals surface area contributed by atoms with E-state index in [0.717, 1.165) is 0 Å². The average Bonchev–Trinajstić information content (AvgIpc) is 3.20. The normalized spacial score (nSPS) is 12.2. The highest BCUT2D eigenvalue weighted by Gasteiger charge is 2.18. The van der Waals surface area contributed by atoms with Crippen molar-refractivity contribution in [2.45, 2.75) is 46.3 Å². The molecule has 188 valence electrons. The van der Waals surface area contributed by atoms with Gasteiger partial charge >= 0.3 is 12.1 Å². The van der Waals surface area contributed by atoms with Crippen molar-refractivity contribution in [3.63, 3.8) is 0 Å². The molecule has 3 aromatic rings. The van der Waals surface area contributed by atoms with E-state index in [1.54, 1.807) is 40.0 Å². The first-order chi connectivity index (χ1) is 16.6. The number of nitrogens with zero attached hydrogens (tertiary/aromatic N) is 3. The Kier molecular flexibility index (Phi) is 8.10. The number of hydrogen-bond donors (Lipinski definition) is 2. The number of alkyl carbamates (subject to hydrolysis) is 1. The van der Waals surface area contributed by atoms with Crippen LogP contribution in [0.3, 0.4) is 0 Å². The van der Waals surface area contributed by atoms with Crippen LogP contribution < -0.4 is 15.4 Å². The third-order valence-electron chi connectivity index (χ3n) is 4.70. The van der Waals surface area contributed by atoms with Crippen LogP contribution in [0.15, 0.2) is 36.7 Å². The van der Waals surface area contributed by atoms with E-state index >= 15 is 0 Å². The molecule has 0 radical (unpaired) electrons. The lowest BCUT2D eigenvalue weighted by Crippen LogP contribution is -2.34. The minimum atomic E-state index is -0.596. The number of benzene rings is 1. The van der Waals surface area contributed by atoms with E-state index in [2.05, 4.69) is 20.7 Å².